The van der Waals surface area contributed by atoms with Crippen LogP contribution in [0.3, 0.4) is 0 Å². The van der Waals surface area contributed by atoms with E-state index in [-0.39, 0.29) is 0 Å². The van der Waals surface area contributed by atoms with Crippen LogP contribution in [0.2, 0.25) is 0 Å². The van der Waals surface area contributed by atoms with E-state index in [9.17, 15) is 0 Å². The zero-order chi connectivity index (χ0) is 11.0. The van der Waals surface area contributed by atoms with E-state index in [1.54, 1.807) is 11.3 Å². The second-order valence-corrected chi connectivity index (χ2v) is 5.77. The number of nitrogens with one attached hydrogen (secondary N) is 1. The molecular weight excluding hydrogens is 282 g/mol. The molecule has 1 aliphatic heterocycles. The van der Waals surface area contributed by atoms with Gasteiger partial charge in [0.15, 0.2) is 0 Å². The number of anilines is 1. The van der Waals surface area contributed by atoms with Crippen molar-refractivity contribution in [3.8, 4) is 10.4 Å². The van der Waals surface area contributed by atoms with Crippen LogP contribution < -0.4 is 5.32 Å². The molecule has 0 bridgehead atoms. The summed E-state index contributed by atoms with van der Waals surface area (Å²) in [6.07, 6.45) is 2.43. The second-order valence-electron chi connectivity index (χ2n) is 4.00. The Morgan fingerprint density at radius 2 is 2.19 bits per heavy atom. The summed E-state index contributed by atoms with van der Waals surface area (Å²) < 4.78 is 1.20. The van der Waals surface area contributed by atoms with Crippen molar-refractivity contribution in [2.45, 2.75) is 12.8 Å². The highest BCUT2D eigenvalue weighted by molar-refractivity contribution is 9.10. The summed E-state index contributed by atoms with van der Waals surface area (Å²) in [5, 5.41) is 5.56. The summed E-state index contributed by atoms with van der Waals surface area (Å²) in [5.41, 5.74) is 4.08. The van der Waals surface area contributed by atoms with Crippen LogP contribution in [0.4, 0.5) is 5.69 Å². The normalized spacial score (nSPS) is 14.3. The van der Waals surface area contributed by atoms with E-state index < -0.39 is 0 Å². The van der Waals surface area contributed by atoms with Gasteiger partial charge in [-0.2, -0.15) is 0 Å². The van der Waals surface area contributed by atoms with Crippen LogP contribution >= 0.6 is 27.3 Å². The van der Waals surface area contributed by atoms with Crippen LogP contribution in [0.25, 0.3) is 10.4 Å². The van der Waals surface area contributed by atoms with Gasteiger partial charge in [-0.05, 0) is 63.5 Å². The van der Waals surface area contributed by atoms with Gasteiger partial charge in [0, 0.05) is 21.6 Å². The number of halogens is 1. The van der Waals surface area contributed by atoms with Gasteiger partial charge in [0.2, 0.25) is 0 Å². The van der Waals surface area contributed by atoms with Gasteiger partial charge in [-0.1, -0.05) is 6.07 Å². The number of fused-ring (bicyclic) bond motifs is 1. The van der Waals surface area contributed by atoms with Gasteiger partial charge in [-0.15, -0.1) is 11.3 Å². The number of thiophene rings is 1. The number of aryl methyl sites for hydroxylation is 1. The molecule has 2 heterocycles. The van der Waals surface area contributed by atoms with E-state index in [0.29, 0.717) is 0 Å². The van der Waals surface area contributed by atoms with Crippen molar-refractivity contribution in [2.24, 2.45) is 0 Å². The fourth-order valence-corrected chi connectivity index (χ4v) is 3.72. The molecule has 0 saturated heterocycles. The van der Waals surface area contributed by atoms with Crippen molar-refractivity contribution in [1.29, 1.82) is 0 Å². The van der Waals surface area contributed by atoms with Gasteiger partial charge in [0.1, 0.15) is 0 Å². The molecule has 1 nitrogen and oxygen atoms in total. The number of benzene rings is 1. The zero-order valence-corrected chi connectivity index (χ0v) is 11.2. The third kappa shape index (κ3) is 1.78. The molecule has 0 radical (unpaired) electrons. The van der Waals surface area contributed by atoms with E-state index in [4.69, 9.17) is 0 Å². The number of rotatable bonds is 1. The predicted octanol–water partition coefficient (Wildman–Crippen LogP) is 4.54. The van der Waals surface area contributed by atoms with Gasteiger partial charge in [0.05, 0.1) is 0 Å². The van der Waals surface area contributed by atoms with E-state index in [0.717, 1.165) is 6.54 Å². The van der Waals surface area contributed by atoms with Gasteiger partial charge in [-0.25, -0.2) is 0 Å². The zero-order valence-electron chi connectivity index (χ0n) is 8.79. The van der Waals surface area contributed by atoms with Gasteiger partial charge >= 0.3 is 0 Å². The Morgan fingerprint density at radius 1 is 1.25 bits per heavy atom. The van der Waals surface area contributed by atoms with Crippen molar-refractivity contribution in [3.63, 3.8) is 0 Å². The van der Waals surface area contributed by atoms with Crippen LogP contribution in [0.5, 0.6) is 0 Å². The summed E-state index contributed by atoms with van der Waals surface area (Å²) >= 11 is 5.38. The molecule has 1 aromatic heterocycles. The molecule has 16 heavy (non-hydrogen) atoms. The van der Waals surface area contributed by atoms with Gasteiger partial charge in [-0.3, -0.25) is 0 Å². The summed E-state index contributed by atoms with van der Waals surface area (Å²) in [6, 6.07) is 8.83. The molecule has 0 unspecified atom stereocenters. The third-order valence-corrected chi connectivity index (χ3v) is 4.81. The Bertz CT molecular complexity index is 518. The lowest BCUT2D eigenvalue weighted by molar-refractivity contribution is 0.831. The first-order valence-electron chi connectivity index (χ1n) is 5.45. The monoisotopic (exact) mass is 293 g/mol. The fourth-order valence-electron chi connectivity index (χ4n) is 2.12. The summed E-state index contributed by atoms with van der Waals surface area (Å²) in [6.45, 7) is 1.11. The van der Waals surface area contributed by atoms with Crippen molar-refractivity contribution in [2.75, 3.05) is 11.9 Å². The molecule has 3 heteroatoms. The maximum atomic E-state index is 3.59. The minimum absolute atomic E-state index is 1.11. The topological polar surface area (TPSA) is 12.0 Å². The number of hydrogen-bond acceptors (Lipinski definition) is 2. The van der Waals surface area contributed by atoms with Crippen LogP contribution in [0, 0.1) is 0 Å². The third-order valence-electron chi connectivity index (χ3n) is 2.92. The largest absolute Gasteiger partial charge is 0.385 e. The predicted molar refractivity (Wildman–Crippen MR) is 74.3 cm³/mol. The van der Waals surface area contributed by atoms with Gasteiger partial charge < -0.3 is 5.32 Å². The first-order chi connectivity index (χ1) is 7.84. The molecule has 82 valence electrons. The molecule has 1 aromatic carbocycles. The Kier molecular flexibility index (Phi) is 2.74. The highest BCUT2D eigenvalue weighted by atomic mass is 79.9. The Hall–Kier alpha value is -0.800. The Labute approximate surface area is 108 Å². The summed E-state index contributed by atoms with van der Waals surface area (Å²) in [5.74, 6) is 0. The summed E-state index contributed by atoms with van der Waals surface area (Å²) in [7, 11) is 0. The van der Waals surface area contributed by atoms with Crippen molar-refractivity contribution in [3.05, 3.63) is 39.7 Å². The average molecular weight is 294 g/mol. The molecule has 0 aliphatic carbocycles. The molecule has 0 fully saturated rings. The molecule has 3 rings (SSSR count). The first-order valence-corrected chi connectivity index (χ1v) is 7.12. The molecule has 1 N–H and O–H groups in total. The van der Waals surface area contributed by atoms with E-state index >= 15 is 0 Å². The molecule has 2 aromatic rings. The molecule has 0 spiro atoms. The standard InChI is InChI=1S/C13H12BrNS/c14-11-5-7-16-13(11)10-3-4-12-9(8-10)2-1-6-15-12/h3-5,7-8,15H,1-2,6H2. The molecule has 1 aliphatic rings. The molecular formula is C13H12BrNS. The highest BCUT2D eigenvalue weighted by Crippen LogP contribution is 2.36. The van der Waals surface area contributed by atoms with Crippen LogP contribution in [0.1, 0.15) is 12.0 Å². The van der Waals surface area contributed by atoms with Crippen LogP contribution in [-0.4, -0.2) is 6.54 Å². The molecule has 0 saturated carbocycles. The lowest BCUT2D eigenvalue weighted by Gasteiger charge is -2.18. The fraction of sp³-hybridized carbons (Fsp3) is 0.231. The second kappa shape index (κ2) is 4.22. The Balaban J connectivity index is 2.06. The lowest BCUT2D eigenvalue weighted by atomic mass is 10.0. The van der Waals surface area contributed by atoms with E-state index in [2.05, 4.69) is 50.9 Å². The Morgan fingerprint density at radius 3 is 3.00 bits per heavy atom. The van der Waals surface area contributed by atoms with Gasteiger partial charge in [0.25, 0.3) is 0 Å². The maximum Gasteiger partial charge on any atom is 0.0484 e. The first kappa shape index (κ1) is 10.4. The van der Waals surface area contributed by atoms with Crippen molar-refractivity contribution < 1.29 is 0 Å². The highest BCUT2D eigenvalue weighted by Gasteiger charge is 2.11. The van der Waals surface area contributed by atoms with Crippen molar-refractivity contribution >= 4 is 33.0 Å². The molecule has 0 atom stereocenters. The van der Waals surface area contributed by atoms with Crippen molar-refractivity contribution in [1.82, 2.24) is 0 Å². The molecule has 0 amide bonds. The quantitative estimate of drug-likeness (QED) is 0.814. The summed E-state index contributed by atoms with van der Waals surface area (Å²) in [4.78, 5) is 1.33. The van der Waals surface area contributed by atoms with E-state index in [1.165, 1.54) is 39.0 Å². The SMILES string of the molecule is Brc1ccsc1-c1ccc2c(c1)CCCN2. The van der Waals surface area contributed by atoms with Crippen LogP contribution in [0.15, 0.2) is 34.1 Å². The van der Waals surface area contributed by atoms with E-state index in [1.807, 2.05) is 0 Å². The minimum Gasteiger partial charge on any atom is -0.385 e. The van der Waals surface area contributed by atoms with Crippen LogP contribution in [-0.2, 0) is 6.42 Å². The minimum atomic E-state index is 1.11. The smallest absolute Gasteiger partial charge is 0.0484 e. The maximum absolute atomic E-state index is 3.59. The lowest BCUT2D eigenvalue weighted by Crippen LogP contribution is -2.11. The average Bonchev–Trinajstić information content (AvgIpc) is 2.75. The number of hydrogen-bond donors (Lipinski definition) is 1.